The van der Waals surface area contributed by atoms with E-state index < -0.39 is 10.1 Å². The molecule has 15 heavy (non-hydrogen) atoms. The molecule has 0 aromatic carbocycles. The average molecular weight is 220 g/mol. The third-order valence-electron chi connectivity index (χ3n) is 1.90. The molecule has 0 atom stereocenters. The zero-order valence-electron chi connectivity index (χ0n) is 9.28. The van der Waals surface area contributed by atoms with Crippen LogP contribution in [0.25, 0.3) is 0 Å². The van der Waals surface area contributed by atoms with Crippen LogP contribution in [-0.2, 0) is 0 Å². The lowest BCUT2D eigenvalue weighted by atomic mass is 10.3. The summed E-state index contributed by atoms with van der Waals surface area (Å²) >= 11 is 0. The van der Waals surface area contributed by atoms with Crippen LogP contribution in [0.1, 0.15) is 27.7 Å². The molecule has 0 aliphatic rings. The fourth-order valence-corrected chi connectivity index (χ4v) is 0.955. The minimum atomic E-state index is -0.621. The molecule has 0 fully saturated rings. The summed E-state index contributed by atoms with van der Waals surface area (Å²) in [6.07, 6.45) is 0. The Bertz CT molecular complexity index is 219. The predicted molar refractivity (Wildman–Crippen MR) is 52.8 cm³/mol. The number of hydrogen-bond donors (Lipinski definition) is 0. The molecular weight excluding hydrogens is 204 g/mol. The molecule has 0 aliphatic carbocycles. The molecule has 0 aromatic rings. The SMILES string of the molecule is CC(C)N(CN(C(C)C)[N+](=O)[O-])[N+](=O)[O-]. The van der Waals surface area contributed by atoms with Crippen molar-refractivity contribution in [1.29, 1.82) is 0 Å². The van der Waals surface area contributed by atoms with Crippen molar-refractivity contribution in [2.75, 3.05) is 6.67 Å². The Morgan fingerprint density at radius 2 is 1.20 bits per heavy atom. The Kier molecular flexibility index (Phi) is 4.75. The first-order valence-electron chi connectivity index (χ1n) is 4.59. The highest BCUT2D eigenvalue weighted by molar-refractivity contribution is 4.54. The minimum absolute atomic E-state index is 0.324. The standard InChI is InChI=1S/C7H16N4O4/c1-6(2)8(10(12)13)5-9(7(3)4)11(14)15/h6-7H,5H2,1-4H3. The van der Waals surface area contributed by atoms with Gasteiger partial charge in [-0.25, -0.2) is 20.2 Å². The lowest BCUT2D eigenvalue weighted by molar-refractivity contribution is -0.719. The number of nitrogens with zero attached hydrogens (tertiary/aromatic N) is 4. The fraction of sp³-hybridized carbons (Fsp3) is 1.00. The van der Waals surface area contributed by atoms with Crippen molar-refractivity contribution in [3.05, 3.63) is 20.2 Å². The van der Waals surface area contributed by atoms with Crippen molar-refractivity contribution >= 4 is 0 Å². The van der Waals surface area contributed by atoms with Gasteiger partial charge in [0.2, 0.25) is 6.67 Å². The second-order valence-electron chi connectivity index (χ2n) is 3.68. The zero-order valence-corrected chi connectivity index (χ0v) is 9.28. The summed E-state index contributed by atoms with van der Waals surface area (Å²) in [7, 11) is 0. The van der Waals surface area contributed by atoms with Gasteiger partial charge in [0.1, 0.15) is 0 Å². The maximum absolute atomic E-state index is 10.6. The largest absolute Gasteiger partial charge is 0.235 e. The van der Waals surface area contributed by atoms with E-state index in [2.05, 4.69) is 0 Å². The van der Waals surface area contributed by atoms with Crippen LogP contribution >= 0.6 is 0 Å². The Morgan fingerprint density at radius 3 is 1.33 bits per heavy atom. The van der Waals surface area contributed by atoms with Crippen LogP contribution in [0.4, 0.5) is 0 Å². The highest BCUT2D eigenvalue weighted by Crippen LogP contribution is 2.04. The first-order valence-corrected chi connectivity index (χ1v) is 4.59. The Hall–Kier alpha value is -1.60. The monoisotopic (exact) mass is 220 g/mol. The van der Waals surface area contributed by atoms with E-state index in [1.165, 1.54) is 0 Å². The second-order valence-corrected chi connectivity index (χ2v) is 3.68. The zero-order chi connectivity index (χ0) is 12.2. The van der Waals surface area contributed by atoms with Crippen LogP contribution in [0.15, 0.2) is 0 Å². The number of rotatable bonds is 6. The molecule has 88 valence electrons. The van der Waals surface area contributed by atoms with Gasteiger partial charge in [-0.1, -0.05) is 0 Å². The van der Waals surface area contributed by atoms with E-state index >= 15 is 0 Å². The highest BCUT2D eigenvalue weighted by Gasteiger charge is 2.29. The van der Waals surface area contributed by atoms with Gasteiger partial charge in [-0.2, -0.15) is 0 Å². The van der Waals surface area contributed by atoms with Crippen molar-refractivity contribution in [2.24, 2.45) is 0 Å². The molecule has 0 N–H and O–H groups in total. The smallest absolute Gasteiger partial charge is 0.208 e. The maximum atomic E-state index is 10.6. The van der Waals surface area contributed by atoms with E-state index in [1.54, 1.807) is 27.7 Å². The van der Waals surface area contributed by atoms with Gasteiger partial charge in [0.25, 0.3) is 0 Å². The summed E-state index contributed by atoms with van der Waals surface area (Å²) in [4.78, 5) is 21.2. The van der Waals surface area contributed by atoms with Gasteiger partial charge in [0.15, 0.2) is 10.1 Å². The van der Waals surface area contributed by atoms with E-state index in [1.807, 2.05) is 0 Å². The van der Waals surface area contributed by atoms with Gasteiger partial charge >= 0.3 is 0 Å². The number of hydrogen-bond acceptors (Lipinski definition) is 4. The van der Waals surface area contributed by atoms with Crippen LogP contribution in [0.2, 0.25) is 0 Å². The molecule has 0 unspecified atom stereocenters. The van der Waals surface area contributed by atoms with Crippen molar-refractivity contribution < 1.29 is 10.1 Å². The predicted octanol–water partition coefficient (Wildman–Crippen LogP) is 0.748. The van der Waals surface area contributed by atoms with E-state index in [-0.39, 0.29) is 18.8 Å². The summed E-state index contributed by atoms with van der Waals surface area (Å²) in [5.74, 6) is 0. The molecule has 0 amide bonds. The highest BCUT2D eigenvalue weighted by atomic mass is 16.7. The molecular formula is C7H16N4O4. The lowest BCUT2D eigenvalue weighted by Crippen LogP contribution is -2.49. The molecule has 0 heterocycles. The molecule has 8 heteroatoms. The molecule has 0 aromatic heterocycles. The number of hydrazine groups is 2. The average Bonchev–Trinajstić information content (AvgIpc) is 2.01. The molecule has 0 radical (unpaired) electrons. The van der Waals surface area contributed by atoms with Crippen LogP contribution in [0.3, 0.4) is 0 Å². The van der Waals surface area contributed by atoms with Crippen LogP contribution in [0.5, 0.6) is 0 Å². The van der Waals surface area contributed by atoms with Gasteiger partial charge in [-0.05, 0) is 27.7 Å². The van der Waals surface area contributed by atoms with Crippen LogP contribution in [0, 0.1) is 20.2 Å². The van der Waals surface area contributed by atoms with Gasteiger partial charge in [0, 0.05) is 0 Å². The van der Waals surface area contributed by atoms with E-state index in [4.69, 9.17) is 0 Å². The molecule has 0 saturated heterocycles. The Labute approximate surface area is 87.7 Å². The van der Waals surface area contributed by atoms with Gasteiger partial charge in [0.05, 0.1) is 12.1 Å². The van der Waals surface area contributed by atoms with Gasteiger partial charge in [-0.15, -0.1) is 10.0 Å². The third kappa shape index (κ3) is 3.96. The van der Waals surface area contributed by atoms with E-state index in [0.29, 0.717) is 0 Å². The molecule has 0 aliphatic heterocycles. The van der Waals surface area contributed by atoms with Crippen LogP contribution < -0.4 is 0 Å². The van der Waals surface area contributed by atoms with Crippen molar-refractivity contribution in [2.45, 2.75) is 39.8 Å². The first kappa shape index (κ1) is 13.4. The summed E-state index contributed by atoms with van der Waals surface area (Å²) < 4.78 is 0. The molecule has 0 rings (SSSR count). The first-order chi connectivity index (χ1) is 6.77. The molecule has 0 saturated carbocycles. The number of nitro groups is 2. The maximum Gasteiger partial charge on any atom is 0.208 e. The van der Waals surface area contributed by atoms with Crippen molar-refractivity contribution in [3.63, 3.8) is 0 Å². The Balaban J connectivity index is 4.62. The van der Waals surface area contributed by atoms with E-state index in [9.17, 15) is 20.2 Å². The summed E-state index contributed by atoms with van der Waals surface area (Å²) in [5.41, 5.74) is 0. The summed E-state index contributed by atoms with van der Waals surface area (Å²) in [6.45, 7) is 6.13. The molecule has 0 spiro atoms. The normalized spacial score (nSPS) is 10.5. The van der Waals surface area contributed by atoms with Gasteiger partial charge < -0.3 is 0 Å². The lowest BCUT2D eigenvalue weighted by Gasteiger charge is -2.23. The quantitative estimate of drug-likeness (QED) is 0.372. The van der Waals surface area contributed by atoms with E-state index in [0.717, 1.165) is 10.0 Å². The second kappa shape index (κ2) is 5.32. The minimum Gasteiger partial charge on any atom is -0.235 e. The van der Waals surface area contributed by atoms with Gasteiger partial charge in [-0.3, -0.25) is 0 Å². The molecule has 8 nitrogen and oxygen atoms in total. The van der Waals surface area contributed by atoms with Crippen molar-refractivity contribution in [1.82, 2.24) is 10.0 Å². The topological polar surface area (TPSA) is 92.8 Å². The molecule has 0 bridgehead atoms. The summed E-state index contributed by atoms with van der Waals surface area (Å²) in [6, 6.07) is -0.776. The fourth-order valence-electron chi connectivity index (χ4n) is 0.955. The van der Waals surface area contributed by atoms with Crippen molar-refractivity contribution in [3.8, 4) is 0 Å². The third-order valence-corrected chi connectivity index (χ3v) is 1.90. The summed E-state index contributed by atoms with van der Waals surface area (Å²) in [5, 5.41) is 21.6. The van der Waals surface area contributed by atoms with Crippen LogP contribution in [-0.4, -0.2) is 38.8 Å². The Morgan fingerprint density at radius 1 is 0.933 bits per heavy atom.